The van der Waals surface area contributed by atoms with Gasteiger partial charge < -0.3 is 10.1 Å². The molecule has 0 aliphatic carbocycles. The molecule has 3 rings (SSSR count). The monoisotopic (exact) mass is 379 g/mol. The first kappa shape index (κ1) is 19.5. The Morgan fingerprint density at radius 1 is 1.07 bits per heavy atom. The number of anilines is 1. The van der Waals surface area contributed by atoms with E-state index in [1.54, 1.807) is 4.68 Å². The first-order valence-electron chi connectivity index (χ1n) is 9.36. The van der Waals surface area contributed by atoms with Crippen molar-refractivity contribution in [3.05, 3.63) is 59.0 Å². The summed E-state index contributed by atoms with van der Waals surface area (Å²) in [7, 11) is 0. The molecule has 2 heterocycles. The molecule has 0 saturated heterocycles. The lowest BCUT2D eigenvalue weighted by molar-refractivity contribution is -0.116. The van der Waals surface area contributed by atoms with Crippen molar-refractivity contribution >= 4 is 11.7 Å². The third kappa shape index (κ3) is 4.73. The van der Waals surface area contributed by atoms with Crippen LogP contribution in [0.1, 0.15) is 36.0 Å². The molecule has 1 amide bonds. The van der Waals surface area contributed by atoms with E-state index in [4.69, 9.17) is 4.74 Å². The third-order valence-corrected chi connectivity index (χ3v) is 4.15. The van der Waals surface area contributed by atoms with Gasteiger partial charge in [-0.25, -0.2) is 9.97 Å². The lowest BCUT2D eigenvalue weighted by atomic mass is 10.1. The summed E-state index contributed by atoms with van der Waals surface area (Å²) < 4.78 is 7.20. The molecular weight excluding hydrogens is 354 g/mol. The lowest BCUT2D eigenvalue weighted by Gasteiger charge is -2.11. The van der Waals surface area contributed by atoms with Crippen molar-refractivity contribution in [2.75, 3.05) is 11.9 Å². The van der Waals surface area contributed by atoms with Gasteiger partial charge in [0.1, 0.15) is 11.6 Å². The summed E-state index contributed by atoms with van der Waals surface area (Å²) in [6.45, 7) is 8.22. The highest BCUT2D eigenvalue weighted by Crippen LogP contribution is 2.20. The third-order valence-electron chi connectivity index (χ3n) is 4.15. The van der Waals surface area contributed by atoms with Gasteiger partial charge in [0.25, 0.3) is 5.95 Å². The van der Waals surface area contributed by atoms with E-state index in [9.17, 15) is 4.79 Å². The summed E-state index contributed by atoms with van der Waals surface area (Å²) in [5, 5.41) is 7.36. The minimum absolute atomic E-state index is 0.100. The van der Waals surface area contributed by atoms with Crippen LogP contribution in [0.25, 0.3) is 5.95 Å². The Labute approximate surface area is 164 Å². The van der Waals surface area contributed by atoms with Crippen molar-refractivity contribution in [1.29, 1.82) is 0 Å². The Morgan fingerprint density at radius 2 is 1.79 bits per heavy atom. The number of para-hydroxylation sites is 1. The number of aryl methyl sites for hydroxylation is 4. The van der Waals surface area contributed by atoms with Crippen LogP contribution in [-0.4, -0.2) is 32.3 Å². The zero-order chi connectivity index (χ0) is 20.1. The summed E-state index contributed by atoms with van der Waals surface area (Å²) >= 11 is 0. The van der Waals surface area contributed by atoms with Gasteiger partial charge in [-0.2, -0.15) is 9.78 Å². The average molecular weight is 379 g/mol. The van der Waals surface area contributed by atoms with E-state index in [1.807, 2.05) is 64.1 Å². The quantitative estimate of drug-likeness (QED) is 0.679. The van der Waals surface area contributed by atoms with Crippen LogP contribution < -0.4 is 10.1 Å². The first-order valence-corrected chi connectivity index (χ1v) is 9.36. The van der Waals surface area contributed by atoms with Gasteiger partial charge in [-0.3, -0.25) is 4.79 Å². The number of carbonyl (C=O) groups is 1. The zero-order valence-electron chi connectivity index (χ0n) is 16.7. The highest BCUT2D eigenvalue weighted by molar-refractivity contribution is 5.90. The molecule has 28 heavy (non-hydrogen) atoms. The molecule has 0 atom stereocenters. The maximum absolute atomic E-state index is 12.5. The minimum Gasteiger partial charge on any atom is -0.494 e. The number of nitrogens with one attached hydrogen (secondary N) is 1. The second-order valence-corrected chi connectivity index (χ2v) is 6.62. The topological polar surface area (TPSA) is 81.9 Å². The molecule has 1 N–H and O–H groups in total. The molecule has 1 aromatic carbocycles. The number of ether oxygens (including phenoxy) is 1. The molecule has 7 nitrogen and oxygen atoms in total. The molecule has 7 heteroatoms. The Balaban J connectivity index is 1.73. The fraction of sp³-hybridized carbons (Fsp3) is 0.333. The number of benzene rings is 1. The Kier molecular flexibility index (Phi) is 6.03. The predicted octanol–water partition coefficient (Wildman–Crippen LogP) is 3.56. The number of nitrogens with zero attached hydrogens (tertiary/aromatic N) is 4. The van der Waals surface area contributed by atoms with Crippen LogP contribution in [-0.2, 0) is 11.2 Å². The molecule has 0 saturated carbocycles. The van der Waals surface area contributed by atoms with E-state index >= 15 is 0 Å². The molecule has 0 radical (unpaired) electrons. The average Bonchev–Trinajstić information content (AvgIpc) is 3.00. The Hall–Kier alpha value is -3.22. The van der Waals surface area contributed by atoms with Crippen LogP contribution in [0.4, 0.5) is 5.82 Å². The van der Waals surface area contributed by atoms with Crippen molar-refractivity contribution in [1.82, 2.24) is 19.7 Å². The SMILES string of the molecule is CCOc1ccccc1CCC(=O)Nc1cc(C)nn1-c1nc(C)cc(C)n1. The summed E-state index contributed by atoms with van der Waals surface area (Å²) in [6, 6.07) is 11.5. The molecule has 0 spiro atoms. The van der Waals surface area contributed by atoms with Gasteiger partial charge in [0.15, 0.2) is 0 Å². The molecule has 2 aromatic heterocycles. The summed E-state index contributed by atoms with van der Waals surface area (Å²) in [6.07, 6.45) is 0.928. The molecular formula is C21H25N5O2. The van der Waals surface area contributed by atoms with Gasteiger partial charge in [-0.15, -0.1) is 0 Å². The Bertz CT molecular complexity index is 960. The van der Waals surface area contributed by atoms with E-state index in [1.165, 1.54) is 0 Å². The number of amides is 1. The largest absolute Gasteiger partial charge is 0.494 e. The van der Waals surface area contributed by atoms with Gasteiger partial charge >= 0.3 is 0 Å². The number of carbonyl (C=O) groups excluding carboxylic acids is 1. The highest BCUT2D eigenvalue weighted by atomic mass is 16.5. The number of hydrogen-bond acceptors (Lipinski definition) is 5. The highest BCUT2D eigenvalue weighted by Gasteiger charge is 2.14. The van der Waals surface area contributed by atoms with E-state index in [0.717, 1.165) is 28.4 Å². The van der Waals surface area contributed by atoms with Gasteiger partial charge in [-0.1, -0.05) is 18.2 Å². The van der Waals surface area contributed by atoms with Crippen LogP contribution in [0.5, 0.6) is 5.75 Å². The fourth-order valence-corrected chi connectivity index (χ4v) is 3.00. The lowest BCUT2D eigenvalue weighted by Crippen LogP contribution is -2.17. The fourth-order valence-electron chi connectivity index (χ4n) is 3.00. The van der Waals surface area contributed by atoms with Crippen molar-refractivity contribution in [2.45, 2.75) is 40.5 Å². The maximum atomic E-state index is 12.5. The zero-order valence-corrected chi connectivity index (χ0v) is 16.7. The van der Waals surface area contributed by atoms with E-state index in [0.29, 0.717) is 31.2 Å². The molecule has 0 aliphatic heterocycles. The minimum atomic E-state index is -0.100. The summed E-state index contributed by atoms with van der Waals surface area (Å²) in [5.74, 6) is 1.73. The van der Waals surface area contributed by atoms with Crippen molar-refractivity contribution < 1.29 is 9.53 Å². The smallest absolute Gasteiger partial charge is 0.252 e. The molecule has 3 aromatic rings. The van der Waals surface area contributed by atoms with Gasteiger partial charge in [0.2, 0.25) is 5.91 Å². The van der Waals surface area contributed by atoms with E-state index < -0.39 is 0 Å². The second-order valence-electron chi connectivity index (χ2n) is 6.62. The van der Waals surface area contributed by atoms with Crippen LogP contribution in [0.2, 0.25) is 0 Å². The van der Waals surface area contributed by atoms with E-state index in [-0.39, 0.29) is 5.91 Å². The standard InChI is InChI=1S/C21H25N5O2/c1-5-28-18-9-7-6-8-17(18)10-11-20(27)24-19-13-16(4)25-26(19)21-22-14(2)12-15(3)23-21/h6-9,12-13H,5,10-11H2,1-4H3,(H,24,27). The molecule has 0 unspecified atom stereocenters. The maximum Gasteiger partial charge on any atom is 0.252 e. The summed E-state index contributed by atoms with van der Waals surface area (Å²) in [5.41, 5.74) is 3.49. The van der Waals surface area contributed by atoms with Crippen LogP contribution in [0.15, 0.2) is 36.4 Å². The molecule has 146 valence electrons. The van der Waals surface area contributed by atoms with Crippen LogP contribution in [0.3, 0.4) is 0 Å². The van der Waals surface area contributed by atoms with Crippen molar-refractivity contribution in [2.24, 2.45) is 0 Å². The van der Waals surface area contributed by atoms with Crippen molar-refractivity contribution in [3.63, 3.8) is 0 Å². The summed E-state index contributed by atoms with van der Waals surface area (Å²) in [4.78, 5) is 21.4. The molecule has 0 bridgehead atoms. The number of hydrogen-bond donors (Lipinski definition) is 1. The second kappa shape index (κ2) is 8.65. The first-order chi connectivity index (χ1) is 13.5. The number of rotatable bonds is 7. The van der Waals surface area contributed by atoms with Crippen LogP contribution in [0, 0.1) is 20.8 Å². The van der Waals surface area contributed by atoms with Gasteiger partial charge in [0.05, 0.1) is 12.3 Å². The van der Waals surface area contributed by atoms with Crippen molar-refractivity contribution in [3.8, 4) is 11.7 Å². The van der Waals surface area contributed by atoms with Gasteiger partial charge in [0, 0.05) is 23.9 Å². The van der Waals surface area contributed by atoms with E-state index in [2.05, 4.69) is 20.4 Å². The van der Waals surface area contributed by atoms with Gasteiger partial charge in [-0.05, 0) is 51.8 Å². The number of aromatic nitrogens is 4. The predicted molar refractivity (Wildman–Crippen MR) is 108 cm³/mol. The molecule has 0 fully saturated rings. The normalized spacial score (nSPS) is 10.7. The molecule has 0 aliphatic rings. The van der Waals surface area contributed by atoms with Crippen LogP contribution >= 0.6 is 0 Å². The Morgan fingerprint density at radius 3 is 2.50 bits per heavy atom.